The van der Waals surface area contributed by atoms with Crippen molar-refractivity contribution >= 4 is 18.0 Å². The van der Waals surface area contributed by atoms with Gasteiger partial charge in [-0.3, -0.25) is 5.04 Å². The van der Waals surface area contributed by atoms with E-state index in [2.05, 4.69) is 30.1 Å². The molecule has 0 unspecified atom stereocenters. The lowest BCUT2D eigenvalue weighted by Crippen LogP contribution is -2.35. The van der Waals surface area contributed by atoms with Gasteiger partial charge in [0.15, 0.2) is 0 Å². The fourth-order valence-corrected chi connectivity index (χ4v) is 2.59. The lowest BCUT2D eigenvalue weighted by atomic mass is 9.72. The molecule has 0 aliphatic heterocycles. The standard InChI is InChI=1S/C12H20F2O5S/c1-11(2,3)8-4-6-9(7-5-8)17-10(15)12(13,14)20-19-18-16/h8-9,16H,4-7H2,1-3H3/p-1. The van der Waals surface area contributed by atoms with E-state index in [9.17, 15) is 18.8 Å². The number of hydrogen-bond acceptors (Lipinski definition) is 6. The fraction of sp³-hybridized carbons (Fsp3) is 0.917. The summed E-state index contributed by atoms with van der Waals surface area (Å²) in [5.74, 6) is -1.22. The highest BCUT2D eigenvalue weighted by molar-refractivity contribution is 7.96. The van der Waals surface area contributed by atoms with Gasteiger partial charge >= 0.3 is 11.2 Å². The van der Waals surface area contributed by atoms with Crippen LogP contribution >= 0.6 is 12.0 Å². The zero-order valence-electron chi connectivity index (χ0n) is 11.7. The Morgan fingerprint density at radius 1 is 1.20 bits per heavy atom. The molecule has 20 heavy (non-hydrogen) atoms. The minimum absolute atomic E-state index is 0.161. The average molecular weight is 313 g/mol. The molecule has 0 aromatic rings. The van der Waals surface area contributed by atoms with E-state index in [1.807, 2.05) is 0 Å². The predicted octanol–water partition coefficient (Wildman–Crippen LogP) is 2.60. The van der Waals surface area contributed by atoms with Crippen LogP contribution in [0.5, 0.6) is 0 Å². The quantitative estimate of drug-likeness (QED) is 0.336. The molecule has 1 rings (SSSR count). The monoisotopic (exact) mass is 313 g/mol. The Morgan fingerprint density at radius 3 is 2.20 bits per heavy atom. The first-order valence-electron chi connectivity index (χ1n) is 6.40. The molecule has 0 amide bonds. The third-order valence-corrected chi connectivity index (χ3v) is 4.08. The second-order valence-electron chi connectivity index (χ2n) is 5.98. The summed E-state index contributed by atoms with van der Waals surface area (Å²) >= 11 is -0.662. The lowest BCUT2D eigenvalue weighted by molar-refractivity contribution is -0.777. The molecule has 0 aromatic carbocycles. The van der Waals surface area contributed by atoms with Gasteiger partial charge in [-0.05, 0) is 37.0 Å². The summed E-state index contributed by atoms with van der Waals surface area (Å²) in [7, 11) is 0. The van der Waals surface area contributed by atoms with Gasteiger partial charge in [0.2, 0.25) is 0 Å². The molecule has 1 saturated carbocycles. The minimum Gasteiger partial charge on any atom is -0.691 e. The predicted molar refractivity (Wildman–Crippen MR) is 66.0 cm³/mol. The van der Waals surface area contributed by atoms with Crippen LogP contribution in [-0.2, 0) is 18.9 Å². The van der Waals surface area contributed by atoms with Gasteiger partial charge in [-0.1, -0.05) is 20.8 Å². The van der Waals surface area contributed by atoms with Gasteiger partial charge in [0, 0.05) is 0 Å². The Morgan fingerprint density at radius 2 is 1.75 bits per heavy atom. The number of alkyl halides is 2. The van der Waals surface area contributed by atoms with Crippen LogP contribution in [-0.4, -0.2) is 17.3 Å². The summed E-state index contributed by atoms with van der Waals surface area (Å²) in [5, 5.41) is 8.33. The van der Waals surface area contributed by atoms with Crippen molar-refractivity contribution in [2.75, 3.05) is 0 Å². The summed E-state index contributed by atoms with van der Waals surface area (Å²) in [6.45, 7) is 6.40. The number of hydrogen-bond donors (Lipinski definition) is 0. The number of halogens is 2. The second-order valence-corrected chi connectivity index (χ2v) is 6.80. The summed E-state index contributed by atoms with van der Waals surface area (Å²) in [6, 6.07) is 0. The SMILES string of the molecule is CC(C)(C)C1CCC(OC(=O)C(F)(F)SOO[O-])CC1. The van der Waals surface area contributed by atoms with E-state index in [1.165, 1.54) is 0 Å². The number of carbonyl (C=O) groups is 1. The number of ether oxygens (including phenoxy) is 1. The first-order chi connectivity index (χ1) is 9.16. The molecular weight excluding hydrogens is 294 g/mol. The van der Waals surface area contributed by atoms with Crippen LogP contribution in [0.2, 0.25) is 0 Å². The van der Waals surface area contributed by atoms with E-state index in [1.54, 1.807) is 0 Å². The average Bonchev–Trinajstić information content (AvgIpc) is 2.36. The summed E-state index contributed by atoms with van der Waals surface area (Å²) in [5.41, 5.74) is 0.161. The van der Waals surface area contributed by atoms with Gasteiger partial charge in [-0.25, -0.2) is 4.79 Å². The Balaban J connectivity index is 2.42. The minimum atomic E-state index is -3.95. The van der Waals surface area contributed by atoms with Crippen molar-refractivity contribution in [3.8, 4) is 0 Å². The van der Waals surface area contributed by atoms with Crippen molar-refractivity contribution in [1.29, 1.82) is 0 Å². The van der Waals surface area contributed by atoms with Gasteiger partial charge < -0.3 is 9.99 Å². The molecule has 0 spiro atoms. The van der Waals surface area contributed by atoms with E-state index in [4.69, 9.17) is 4.74 Å². The Bertz CT molecular complexity index is 324. The van der Waals surface area contributed by atoms with Crippen molar-refractivity contribution in [2.24, 2.45) is 11.3 Å². The zero-order valence-corrected chi connectivity index (χ0v) is 12.5. The molecule has 0 radical (unpaired) electrons. The van der Waals surface area contributed by atoms with Crippen LogP contribution in [0.25, 0.3) is 0 Å². The van der Waals surface area contributed by atoms with Crippen LogP contribution in [0, 0.1) is 11.3 Å². The van der Waals surface area contributed by atoms with Gasteiger partial charge in [0.25, 0.3) is 0 Å². The van der Waals surface area contributed by atoms with Crippen molar-refractivity contribution in [3.63, 3.8) is 0 Å². The van der Waals surface area contributed by atoms with E-state index in [0.717, 1.165) is 12.8 Å². The summed E-state index contributed by atoms with van der Waals surface area (Å²) < 4.78 is 34.6. The normalized spacial score (nSPS) is 24.5. The molecule has 0 bridgehead atoms. The number of rotatable bonds is 5. The van der Waals surface area contributed by atoms with Crippen molar-refractivity contribution in [1.82, 2.24) is 0 Å². The van der Waals surface area contributed by atoms with Gasteiger partial charge in [0.05, 0.1) is 0 Å². The smallest absolute Gasteiger partial charge is 0.415 e. The van der Waals surface area contributed by atoms with Crippen LogP contribution in [0.4, 0.5) is 8.78 Å². The summed E-state index contributed by atoms with van der Waals surface area (Å²) in [4.78, 5) is 11.3. The molecule has 0 heterocycles. The third-order valence-electron chi connectivity index (χ3n) is 3.58. The largest absolute Gasteiger partial charge is 0.691 e. The van der Waals surface area contributed by atoms with E-state index < -0.39 is 29.4 Å². The Hall–Kier alpha value is -0.440. The van der Waals surface area contributed by atoms with Gasteiger partial charge in [-0.15, -0.1) is 0 Å². The maximum Gasteiger partial charge on any atom is 0.415 e. The van der Waals surface area contributed by atoms with Crippen LogP contribution in [0.3, 0.4) is 0 Å². The Labute approximate surface area is 121 Å². The zero-order chi connectivity index (χ0) is 15.4. The highest BCUT2D eigenvalue weighted by Crippen LogP contribution is 2.39. The molecule has 1 aliphatic carbocycles. The van der Waals surface area contributed by atoms with Crippen LogP contribution < -0.4 is 5.26 Å². The molecule has 0 N–H and O–H groups in total. The molecule has 118 valence electrons. The molecule has 1 aliphatic rings. The number of esters is 1. The molecule has 1 fully saturated rings. The highest BCUT2D eigenvalue weighted by atomic mass is 32.2. The third kappa shape index (κ3) is 5.16. The lowest BCUT2D eigenvalue weighted by Gasteiger charge is -2.36. The van der Waals surface area contributed by atoms with Crippen molar-refractivity contribution in [3.05, 3.63) is 0 Å². The molecule has 5 nitrogen and oxygen atoms in total. The van der Waals surface area contributed by atoms with Crippen molar-refractivity contribution in [2.45, 2.75) is 57.8 Å². The molecular formula is C12H19F2O5S-. The highest BCUT2D eigenvalue weighted by Gasteiger charge is 2.45. The number of carbonyl (C=O) groups excluding carboxylic acids is 1. The topological polar surface area (TPSA) is 67.8 Å². The molecule has 0 atom stereocenters. The maximum absolute atomic E-state index is 13.2. The Kier molecular flexibility index (Phi) is 6.18. The van der Waals surface area contributed by atoms with Crippen molar-refractivity contribution < 1.29 is 32.9 Å². The molecule has 0 aromatic heterocycles. The summed E-state index contributed by atoms with van der Waals surface area (Å²) in [6.07, 6.45) is 2.28. The molecule has 0 saturated heterocycles. The van der Waals surface area contributed by atoms with Crippen LogP contribution in [0.15, 0.2) is 0 Å². The first kappa shape index (κ1) is 17.6. The fourth-order valence-electron chi connectivity index (χ4n) is 2.36. The first-order valence-corrected chi connectivity index (χ1v) is 7.14. The second kappa shape index (κ2) is 7.02. The van der Waals surface area contributed by atoms with Gasteiger partial charge in [-0.2, -0.15) is 13.1 Å². The van der Waals surface area contributed by atoms with E-state index >= 15 is 0 Å². The van der Waals surface area contributed by atoms with E-state index in [0.29, 0.717) is 18.8 Å². The van der Waals surface area contributed by atoms with Crippen LogP contribution in [0.1, 0.15) is 46.5 Å². The molecule has 8 heteroatoms. The maximum atomic E-state index is 13.2. The van der Waals surface area contributed by atoms with E-state index in [-0.39, 0.29) is 5.41 Å². The van der Waals surface area contributed by atoms with Gasteiger partial charge in [0.1, 0.15) is 18.1 Å².